The van der Waals surface area contributed by atoms with E-state index in [0.29, 0.717) is 19.1 Å². The van der Waals surface area contributed by atoms with E-state index in [1.54, 1.807) is 0 Å². The van der Waals surface area contributed by atoms with Crippen molar-refractivity contribution < 1.29 is 9.53 Å². The molecule has 3 N–H and O–H groups in total. The number of primary amides is 1. The van der Waals surface area contributed by atoms with E-state index in [1.165, 1.54) is 0 Å². The molecule has 1 aliphatic carbocycles. The van der Waals surface area contributed by atoms with Crippen molar-refractivity contribution in [3.63, 3.8) is 0 Å². The lowest BCUT2D eigenvalue weighted by atomic mass is 9.97. The van der Waals surface area contributed by atoms with Crippen molar-refractivity contribution in [2.45, 2.75) is 70.6 Å². The molecule has 1 saturated carbocycles. The van der Waals surface area contributed by atoms with Crippen LogP contribution in [0.1, 0.15) is 53.4 Å². The van der Waals surface area contributed by atoms with Gasteiger partial charge in [-0.2, -0.15) is 0 Å². The fraction of sp³-hybridized carbons (Fsp3) is 0.923. The van der Waals surface area contributed by atoms with Crippen LogP contribution < -0.4 is 11.1 Å². The Kier molecular flexibility index (Phi) is 4.55. The van der Waals surface area contributed by atoms with Crippen molar-refractivity contribution in [1.29, 1.82) is 0 Å². The topological polar surface area (TPSA) is 64.3 Å². The highest BCUT2D eigenvalue weighted by Gasteiger charge is 2.37. The molecular weight excluding hydrogens is 216 g/mol. The maximum Gasteiger partial charge on any atom is 0.237 e. The zero-order chi connectivity index (χ0) is 13.1. The number of amides is 1. The smallest absolute Gasteiger partial charge is 0.237 e. The van der Waals surface area contributed by atoms with E-state index in [2.05, 4.69) is 26.1 Å². The van der Waals surface area contributed by atoms with Crippen LogP contribution in [0.4, 0.5) is 0 Å². The molecule has 1 amide bonds. The van der Waals surface area contributed by atoms with Gasteiger partial charge in [-0.3, -0.25) is 4.79 Å². The molecule has 0 saturated heterocycles. The number of carbonyl (C=O) groups excluding carboxylic acids is 1. The fourth-order valence-electron chi connectivity index (χ4n) is 1.58. The standard InChI is InChI=1S/C13H26N2O2/c1-5-12(2,3)17-9-8-13(4,11(14)16)15-10-6-7-10/h10,15H,5-9H2,1-4H3,(H2,14,16). The predicted molar refractivity (Wildman–Crippen MR) is 68.7 cm³/mol. The van der Waals surface area contributed by atoms with Gasteiger partial charge in [0, 0.05) is 12.6 Å². The number of hydrogen-bond acceptors (Lipinski definition) is 3. The Morgan fingerprint density at radius 1 is 1.41 bits per heavy atom. The van der Waals surface area contributed by atoms with Crippen LogP contribution in [0.25, 0.3) is 0 Å². The van der Waals surface area contributed by atoms with Crippen LogP contribution in [0.2, 0.25) is 0 Å². The first-order chi connectivity index (χ1) is 7.79. The summed E-state index contributed by atoms with van der Waals surface area (Å²) < 4.78 is 5.78. The molecule has 0 aromatic carbocycles. The van der Waals surface area contributed by atoms with Crippen molar-refractivity contribution in [2.75, 3.05) is 6.61 Å². The van der Waals surface area contributed by atoms with Crippen LogP contribution >= 0.6 is 0 Å². The second kappa shape index (κ2) is 5.36. The number of carbonyl (C=O) groups is 1. The van der Waals surface area contributed by atoms with Gasteiger partial charge in [0.15, 0.2) is 0 Å². The molecule has 0 aromatic rings. The Morgan fingerprint density at radius 3 is 2.41 bits per heavy atom. The van der Waals surface area contributed by atoms with Crippen LogP contribution in [0.3, 0.4) is 0 Å². The molecule has 4 heteroatoms. The largest absolute Gasteiger partial charge is 0.376 e. The second-order valence-electron chi connectivity index (χ2n) is 5.83. The highest BCUT2D eigenvalue weighted by Crippen LogP contribution is 2.24. The zero-order valence-corrected chi connectivity index (χ0v) is 11.5. The molecule has 4 nitrogen and oxygen atoms in total. The molecule has 0 heterocycles. The first-order valence-electron chi connectivity index (χ1n) is 6.50. The van der Waals surface area contributed by atoms with Crippen LogP contribution in [-0.4, -0.2) is 29.7 Å². The molecule has 1 aliphatic rings. The van der Waals surface area contributed by atoms with Crippen LogP contribution in [-0.2, 0) is 9.53 Å². The highest BCUT2D eigenvalue weighted by molar-refractivity contribution is 5.84. The molecule has 1 unspecified atom stereocenters. The molecule has 1 rings (SSSR count). The van der Waals surface area contributed by atoms with Crippen molar-refractivity contribution in [3.05, 3.63) is 0 Å². The first-order valence-corrected chi connectivity index (χ1v) is 6.50. The zero-order valence-electron chi connectivity index (χ0n) is 11.5. The predicted octanol–water partition coefficient (Wildman–Crippen LogP) is 1.58. The van der Waals surface area contributed by atoms with E-state index in [9.17, 15) is 4.79 Å². The van der Waals surface area contributed by atoms with Crippen LogP contribution in [0.15, 0.2) is 0 Å². The molecule has 0 bridgehead atoms. The minimum atomic E-state index is -0.634. The highest BCUT2D eigenvalue weighted by atomic mass is 16.5. The van der Waals surface area contributed by atoms with Gasteiger partial charge >= 0.3 is 0 Å². The van der Waals surface area contributed by atoms with Crippen molar-refractivity contribution >= 4 is 5.91 Å². The summed E-state index contributed by atoms with van der Waals surface area (Å²) in [5.74, 6) is -0.290. The third kappa shape index (κ3) is 4.64. The Hall–Kier alpha value is -0.610. The summed E-state index contributed by atoms with van der Waals surface area (Å²) in [4.78, 5) is 11.5. The Balaban J connectivity index is 2.41. The monoisotopic (exact) mass is 242 g/mol. The van der Waals surface area contributed by atoms with Gasteiger partial charge in [-0.1, -0.05) is 6.92 Å². The van der Waals surface area contributed by atoms with Gasteiger partial charge in [0.05, 0.1) is 11.1 Å². The summed E-state index contributed by atoms with van der Waals surface area (Å²) >= 11 is 0. The molecule has 0 aromatic heterocycles. The van der Waals surface area contributed by atoms with Crippen molar-refractivity contribution in [3.8, 4) is 0 Å². The Morgan fingerprint density at radius 2 is 2.00 bits per heavy atom. The number of nitrogens with two attached hydrogens (primary N) is 1. The number of rotatable bonds is 8. The molecule has 1 atom stereocenters. The fourth-order valence-corrected chi connectivity index (χ4v) is 1.58. The molecule has 100 valence electrons. The number of hydrogen-bond donors (Lipinski definition) is 2. The van der Waals surface area contributed by atoms with Gasteiger partial charge in [0.25, 0.3) is 0 Å². The molecule has 17 heavy (non-hydrogen) atoms. The third-order valence-electron chi connectivity index (χ3n) is 3.59. The molecule has 1 fully saturated rings. The summed E-state index contributed by atoms with van der Waals surface area (Å²) in [6.45, 7) is 8.64. The lowest BCUT2D eigenvalue weighted by Gasteiger charge is -2.30. The lowest BCUT2D eigenvalue weighted by Crippen LogP contribution is -2.54. The summed E-state index contributed by atoms with van der Waals surface area (Å²) in [7, 11) is 0. The quantitative estimate of drug-likeness (QED) is 0.679. The Labute approximate surface area is 104 Å². The van der Waals surface area contributed by atoms with E-state index >= 15 is 0 Å². The van der Waals surface area contributed by atoms with Crippen LogP contribution in [0, 0.1) is 0 Å². The van der Waals surface area contributed by atoms with Gasteiger partial charge in [0.1, 0.15) is 0 Å². The van der Waals surface area contributed by atoms with Gasteiger partial charge in [0.2, 0.25) is 5.91 Å². The van der Waals surface area contributed by atoms with Crippen LogP contribution in [0.5, 0.6) is 0 Å². The first kappa shape index (κ1) is 14.5. The van der Waals surface area contributed by atoms with E-state index in [-0.39, 0.29) is 11.5 Å². The number of nitrogens with one attached hydrogen (secondary N) is 1. The molecule has 0 aliphatic heterocycles. The summed E-state index contributed by atoms with van der Waals surface area (Å²) in [5.41, 5.74) is 4.71. The molecule has 0 radical (unpaired) electrons. The maximum atomic E-state index is 11.5. The lowest BCUT2D eigenvalue weighted by molar-refractivity contribution is -0.125. The summed E-state index contributed by atoms with van der Waals surface area (Å²) in [6.07, 6.45) is 3.87. The minimum Gasteiger partial charge on any atom is -0.376 e. The average molecular weight is 242 g/mol. The van der Waals surface area contributed by atoms with E-state index in [1.807, 2.05) is 6.92 Å². The summed E-state index contributed by atoms with van der Waals surface area (Å²) in [5, 5.41) is 3.32. The average Bonchev–Trinajstić information content (AvgIpc) is 3.01. The van der Waals surface area contributed by atoms with Gasteiger partial charge in [-0.15, -0.1) is 0 Å². The van der Waals surface area contributed by atoms with Gasteiger partial charge in [-0.25, -0.2) is 0 Å². The molecule has 0 spiro atoms. The second-order valence-corrected chi connectivity index (χ2v) is 5.83. The van der Waals surface area contributed by atoms with E-state index < -0.39 is 5.54 Å². The van der Waals surface area contributed by atoms with E-state index in [4.69, 9.17) is 10.5 Å². The minimum absolute atomic E-state index is 0.127. The van der Waals surface area contributed by atoms with Crippen molar-refractivity contribution in [2.24, 2.45) is 5.73 Å². The van der Waals surface area contributed by atoms with Crippen molar-refractivity contribution in [1.82, 2.24) is 5.32 Å². The Bertz CT molecular complexity index is 275. The summed E-state index contributed by atoms with van der Waals surface area (Å²) in [6, 6.07) is 0.465. The van der Waals surface area contributed by atoms with E-state index in [0.717, 1.165) is 19.3 Å². The third-order valence-corrected chi connectivity index (χ3v) is 3.59. The number of ether oxygens (including phenoxy) is 1. The normalized spacial score (nSPS) is 20.0. The van der Waals surface area contributed by atoms with Gasteiger partial charge in [-0.05, 0) is 46.5 Å². The van der Waals surface area contributed by atoms with Gasteiger partial charge < -0.3 is 15.8 Å². The molecular formula is C13H26N2O2. The SMILES string of the molecule is CCC(C)(C)OCCC(C)(NC1CC1)C(N)=O. The maximum absolute atomic E-state index is 11.5.